The van der Waals surface area contributed by atoms with E-state index in [-0.39, 0.29) is 18.0 Å². The zero-order valence-electron chi connectivity index (χ0n) is 22.3. The molecule has 0 radical (unpaired) electrons. The largest absolute Gasteiger partial charge is 0.388 e. The minimum atomic E-state index is -1.16. The summed E-state index contributed by atoms with van der Waals surface area (Å²) in [5, 5.41) is 16.1. The summed E-state index contributed by atoms with van der Waals surface area (Å²) in [4.78, 5) is 34.4. The summed E-state index contributed by atoms with van der Waals surface area (Å²) >= 11 is 0. The molecule has 1 N–H and O–H groups in total. The highest BCUT2D eigenvalue weighted by molar-refractivity contribution is 5.94. The molecule has 0 spiro atoms. The Labute approximate surface area is 226 Å². The number of aryl methyl sites for hydroxylation is 1. The molecule has 9 nitrogen and oxygen atoms in total. The highest BCUT2D eigenvalue weighted by Gasteiger charge is 2.35. The summed E-state index contributed by atoms with van der Waals surface area (Å²) in [7, 11) is 4.12. The summed E-state index contributed by atoms with van der Waals surface area (Å²) < 4.78 is 16.3. The molecule has 4 aromatic rings. The molecule has 3 heterocycles. The number of benzene rings is 2. The van der Waals surface area contributed by atoms with Gasteiger partial charge in [-0.2, -0.15) is 5.10 Å². The van der Waals surface area contributed by atoms with Gasteiger partial charge in [0.15, 0.2) is 5.65 Å². The molecule has 1 aliphatic rings. The minimum absolute atomic E-state index is 0.0693. The lowest BCUT2D eigenvalue weighted by molar-refractivity contribution is -0.0299. The summed E-state index contributed by atoms with van der Waals surface area (Å²) in [6.07, 6.45) is 5.58. The third-order valence-electron chi connectivity index (χ3n) is 7.32. The quantitative estimate of drug-likeness (QED) is 0.375. The molecule has 2 aromatic carbocycles. The molecular formula is C29H33FN6O3. The van der Waals surface area contributed by atoms with E-state index in [1.165, 1.54) is 46.9 Å². The van der Waals surface area contributed by atoms with Crippen LogP contribution in [0.3, 0.4) is 0 Å². The number of aromatic nitrogens is 4. The Morgan fingerprint density at radius 2 is 1.87 bits per heavy atom. The Morgan fingerprint density at radius 3 is 2.59 bits per heavy atom. The van der Waals surface area contributed by atoms with Crippen molar-refractivity contribution in [2.45, 2.75) is 37.8 Å². The summed E-state index contributed by atoms with van der Waals surface area (Å²) in [6, 6.07) is 13.5. The first-order valence-electron chi connectivity index (χ1n) is 13.2. The molecule has 1 amide bonds. The van der Waals surface area contributed by atoms with E-state index < -0.39 is 11.4 Å². The smallest absolute Gasteiger partial charge is 0.264 e. The Bertz CT molecular complexity index is 1520. The first kappa shape index (κ1) is 26.7. The van der Waals surface area contributed by atoms with E-state index in [2.05, 4.69) is 41.2 Å². The highest BCUT2D eigenvalue weighted by Crippen LogP contribution is 2.25. The van der Waals surface area contributed by atoms with Crippen molar-refractivity contribution in [1.29, 1.82) is 0 Å². The number of nitrogens with zero attached hydrogens (tertiary/aromatic N) is 6. The number of amides is 1. The van der Waals surface area contributed by atoms with Crippen LogP contribution in [0.4, 0.5) is 4.39 Å². The standard InChI is InChI=1S/C29H33FN6O3/c1-33(2)14-4-6-21-5-3-7-24(17-21)36-26-25(18-32-36)28(38)35(20-31-26)19-29(39)12-15-34(16-13-29)27(37)22-8-10-23(30)11-9-22/h3,5,7-11,17-18,20,39H,4,6,12-16,19H2,1-2H3. The van der Waals surface area contributed by atoms with Crippen LogP contribution in [0.25, 0.3) is 16.7 Å². The van der Waals surface area contributed by atoms with Crippen LogP contribution >= 0.6 is 0 Å². The second-order valence-corrected chi connectivity index (χ2v) is 10.6. The van der Waals surface area contributed by atoms with E-state index in [1.807, 2.05) is 12.1 Å². The number of fused-ring (bicyclic) bond motifs is 1. The average Bonchev–Trinajstić information content (AvgIpc) is 3.36. The van der Waals surface area contributed by atoms with Crippen molar-refractivity contribution in [2.24, 2.45) is 0 Å². The number of likely N-dealkylation sites (tertiary alicyclic amines) is 1. The molecule has 1 fully saturated rings. The maximum Gasteiger partial charge on any atom is 0.264 e. The molecule has 5 rings (SSSR count). The van der Waals surface area contributed by atoms with Gasteiger partial charge >= 0.3 is 0 Å². The van der Waals surface area contributed by atoms with Crippen LogP contribution in [0.1, 0.15) is 35.2 Å². The molecule has 2 aromatic heterocycles. The first-order chi connectivity index (χ1) is 18.7. The molecule has 0 aliphatic carbocycles. The van der Waals surface area contributed by atoms with Gasteiger partial charge in [-0.05, 0) is 88.3 Å². The highest BCUT2D eigenvalue weighted by atomic mass is 19.1. The van der Waals surface area contributed by atoms with Gasteiger partial charge in [0.2, 0.25) is 0 Å². The predicted molar refractivity (Wildman–Crippen MR) is 146 cm³/mol. The summed E-state index contributed by atoms with van der Waals surface area (Å²) in [6.45, 7) is 1.74. The number of rotatable bonds is 8. The molecule has 0 saturated carbocycles. The first-order valence-corrected chi connectivity index (χ1v) is 13.2. The third kappa shape index (κ3) is 5.91. The Morgan fingerprint density at radius 1 is 1.13 bits per heavy atom. The lowest BCUT2D eigenvalue weighted by atomic mass is 9.91. The number of piperidine rings is 1. The third-order valence-corrected chi connectivity index (χ3v) is 7.32. The molecule has 204 valence electrons. The number of aliphatic hydroxyl groups is 1. The minimum Gasteiger partial charge on any atom is -0.388 e. The Balaban J connectivity index is 1.28. The maximum atomic E-state index is 13.3. The predicted octanol–water partition coefficient (Wildman–Crippen LogP) is 2.88. The molecule has 1 aliphatic heterocycles. The molecule has 1 saturated heterocycles. The second kappa shape index (κ2) is 11.1. The van der Waals surface area contributed by atoms with Crippen molar-refractivity contribution < 1.29 is 14.3 Å². The molecule has 10 heteroatoms. The van der Waals surface area contributed by atoms with Crippen molar-refractivity contribution in [2.75, 3.05) is 33.7 Å². The normalized spacial score (nSPS) is 15.3. The van der Waals surface area contributed by atoms with Gasteiger partial charge in [0, 0.05) is 18.7 Å². The zero-order chi connectivity index (χ0) is 27.6. The van der Waals surface area contributed by atoms with E-state index in [1.54, 1.807) is 9.58 Å². The van der Waals surface area contributed by atoms with Crippen molar-refractivity contribution in [3.63, 3.8) is 0 Å². The van der Waals surface area contributed by atoms with Crippen LogP contribution < -0.4 is 5.56 Å². The Kier molecular flexibility index (Phi) is 7.58. The lowest BCUT2D eigenvalue weighted by Gasteiger charge is -2.38. The van der Waals surface area contributed by atoms with E-state index in [9.17, 15) is 19.1 Å². The van der Waals surface area contributed by atoms with Crippen LogP contribution in [0.15, 0.2) is 65.8 Å². The second-order valence-electron chi connectivity index (χ2n) is 10.6. The van der Waals surface area contributed by atoms with E-state index >= 15 is 0 Å². The van der Waals surface area contributed by atoms with Crippen LogP contribution in [0, 0.1) is 5.82 Å². The fraction of sp³-hybridized carbons (Fsp3) is 0.379. The fourth-order valence-electron chi connectivity index (χ4n) is 5.07. The van der Waals surface area contributed by atoms with Crippen LogP contribution in [-0.4, -0.2) is 79.5 Å². The number of hydrogen-bond donors (Lipinski definition) is 1. The monoisotopic (exact) mass is 532 g/mol. The van der Waals surface area contributed by atoms with Gasteiger partial charge in [-0.15, -0.1) is 0 Å². The van der Waals surface area contributed by atoms with Gasteiger partial charge in [0.25, 0.3) is 11.5 Å². The van der Waals surface area contributed by atoms with Crippen molar-refractivity contribution >= 4 is 16.9 Å². The SMILES string of the molecule is CN(C)CCCc1cccc(-n2ncc3c(=O)n(CC4(O)CCN(C(=O)c5ccc(F)cc5)CC4)cnc32)c1. The summed E-state index contributed by atoms with van der Waals surface area (Å²) in [5.41, 5.74) is 1.48. The molecular weight excluding hydrogens is 499 g/mol. The molecule has 0 bridgehead atoms. The summed E-state index contributed by atoms with van der Waals surface area (Å²) in [5.74, 6) is -0.600. The van der Waals surface area contributed by atoms with E-state index in [0.717, 1.165) is 25.1 Å². The van der Waals surface area contributed by atoms with Gasteiger partial charge in [0.05, 0.1) is 24.0 Å². The maximum absolute atomic E-state index is 13.3. The topological polar surface area (TPSA) is 96.5 Å². The van der Waals surface area contributed by atoms with Crippen molar-refractivity contribution in [3.05, 3.63) is 88.4 Å². The number of hydrogen-bond acceptors (Lipinski definition) is 6. The number of halogens is 1. The van der Waals surface area contributed by atoms with Gasteiger partial charge < -0.3 is 14.9 Å². The van der Waals surface area contributed by atoms with Crippen LogP contribution in [-0.2, 0) is 13.0 Å². The molecule has 39 heavy (non-hydrogen) atoms. The average molecular weight is 533 g/mol. The lowest BCUT2D eigenvalue weighted by Crippen LogP contribution is -2.49. The fourth-order valence-corrected chi connectivity index (χ4v) is 5.07. The van der Waals surface area contributed by atoms with Gasteiger partial charge in [-0.3, -0.25) is 14.2 Å². The van der Waals surface area contributed by atoms with E-state index in [0.29, 0.717) is 42.5 Å². The van der Waals surface area contributed by atoms with Crippen molar-refractivity contribution in [3.8, 4) is 5.69 Å². The molecule has 0 unspecified atom stereocenters. The van der Waals surface area contributed by atoms with Gasteiger partial charge in [-0.1, -0.05) is 12.1 Å². The van der Waals surface area contributed by atoms with E-state index in [4.69, 9.17) is 0 Å². The van der Waals surface area contributed by atoms with Crippen LogP contribution in [0.5, 0.6) is 0 Å². The van der Waals surface area contributed by atoms with Crippen LogP contribution in [0.2, 0.25) is 0 Å². The van der Waals surface area contributed by atoms with Gasteiger partial charge in [-0.25, -0.2) is 14.1 Å². The number of carbonyl (C=O) groups excluding carboxylic acids is 1. The zero-order valence-corrected chi connectivity index (χ0v) is 22.3. The van der Waals surface area contributed by atoms with Crippen molar-refractivity contribution in [1.82, 2.24) is 29.1 Å². The molecule has 0 atom stereocenters. The van der Waals surface area contributed by atoms with Gasteiger partial charge in [0.1, 0.15) is 17.5 Å². The number of carbonyl (C=O) groups is 1. The Hall–Kier alpha value is -3.89.